The van der Waals surface area contributed by atoms with Gasteiger partial charge in [0.1, 0.15) is 0 Å². The van der Waals surface area contributed by atoms with E-state index in [1.165, 1.54) is 11.3 Å². The predicted molar refractivity (Wildman–Crippen MR) is 159 cm³/mol. The number of hydrogen-bond donors (Lipinski definition) is 0. The molecule has 0 aliphatic carbocycles. The molecule has 0 saturated carbocycles. The molecule has 208 valence electrons. The second-order valence-electron chi connectivity index (χ2n) is 10.0. The number of ether oxygens (including phenoxy) is 1. The van der Waals surface area contributed by atoms with Crippen molar-refractivity contribution in [2.45, 2.75) is 70.5 Å². The molecule has 0 spiro atoms. The van der Waals surface area contributed by atoms with E-state index in [0.29, 0.717) is 39.0 Å². The van der Waals surface area contributed by atoms with E-state index in [2.05, 4.69) is 66.1 Å². The number of carbonyl (C=O) groups excluding carboxylic acids is 2. The third-order valence-corrected chi connectivity index (χ3v) is 8.31. The summed E-state index contributed by atoms with van der Waals surface area (Å²) in [6.07, 6.45) is 5.99. The molecule has 3 aromatic rings. The van der Waals surface area contributed by atoms with E-state index in [9.17, 15) is 9.59 Å². The molecule has 4 rings (SSSR count). The van der Waals surface area contributed by atoms with E-state index in [-0.39, 0.29) is 17.8 Å². The zero-order valence-corrected chi connectivity index (χ0v) is 24.1. The first-order valence-corrected chi connectivity index (χ1v) is 15.4. The Kier molecular flexibility index (Phi) is 11.1. The van der Waals surface area contributed by atoms with Gasteiger partial charge in [-0.15, -0.1) is 0 Å². The third kappa shape index (κ3) is 7.75. The Morgan fingerprint density at radius 3 is 2.23 bits per heavy atom. The summed E-state index contributed by atoms with van der Waals surface area (Å²) in [6, 6.07) is 21.0. The average Bonchev–Trinajstić information content (AvgIpc) is 3.35. The van der Waals surface area contributed by atoms with Gasteiger partial charge in [0.15, 0.2) is 5.16 Å². The molecule has 0 bridgehead atoms. The van der Waals surface area contributed by atoms with Gasteiger partial charge in [0.05, 0.1) is 23.9 Å². The molecular formula is C32H41N3O3S. The number of nitrogens with zero attached hydrogens (tertiary/aromatic N) is 3. The van der Waals surface area contributed by atoms with Crippen molar-refractivity contribution in [2.24, 2.45) is 5.92 Å². The fourth-order valence-electron chi connectivity index (χ4n) is 5.08. The minimum Gasteiger partial charge on any atom is -0.466 e. The Morgan fingerprint density at radius 2 is 1.59 bits per heavy atom. The number of unbranched alkanes of at least 4 members (excludes halogenated alkanes) is 2. The average molecular weight is 548 g/mol. The molecule has 1 aliphatic heterocycles. The molecule has 1 aliphatic rings. The molecule has 1 saturated heterocycles. The summed E-state index contributed by atoms with van der Waals surface area (Å²) in [5.74, 6) is 0.932. The molecule has 2 heterocycles. The molecule has 0 radical (unpaired) electrons. The Balaban J connectivity index is 1.37. The molecule has 0 unspecified atom stereocenters. The number of amides is 1. The van der Waals surface area contributed by atoms with E-state index in [4.69, 9.17) is 9.72 Å². The first-order valence-electron chi connectivity index (χ1n) is 14.4. The van der Waals surface area contributed by atoms with E-state index in [1.807, 2.05) is 17.9 Å². The van der Waals surface area contributed by atoms with E-state index in [1.54, 1.807) is 11.8 Å². The molecule has 0 atom stereocenters. The molecular weight excluding hydrogens is 506 g/mol. The van der Waals surface area contributed by atoms with Gasteiger partial charge in [0, 0.05) is 42.9 Å². The summed E-state index contributed by atoms with van der Waals surface area (Å²) < 4.78 is 7.54. The molecule has 2 aromatic carbocycles. The topological polar surface area (TPSA) is 64.4 Å². The van der Waals surface area contributed by atoms with Crippen LogP contribution in [0.1, 0.15) is 58.8 Å². The van der Waals surface area contributed by atoms with Crippen LogP contribution in [0.3, 0.4) is 0 Å². The summed E-state index contributed by atoms with van der Waals surface area (Å²) in [4.78, 5) is 31.8. The minimum atomic E-state index is -0.121. The van der Waals surface area contributed by atoms with E-state index in [0.717, 1.165) is 54.4 Å². The van der Waals surface area contributed by atoms with Crippen molar-refractivity contribution in [1.82, 2.24) is 14.5 Å². The van der Waals surface area contributed by atoms with Crippen molar-refractivity contribution >= 4 is 23.6 Å². The largest absolute Gasteiger partial charge is 0.466 e. The number of piperidine rings is 1. The van der Waals surface area contributed by atoms with Crippen molar-refractivity contribution in [1.29, 1.82) is 0 Å². The molecule has 1 fully saturated rings. The lowest BCUT2D eigenvalue weighted by atomic mass is 9.96. The summed E-state index contributed by atoms with van der Waals surface area (Å²) in [6.45, 7) is 6.70. The Hall–Kier alpha value is -3.06. The maximum atomic E-state index is 12.8. The van der Waals surface area contributed by atoms with Crippen LogP contribution in [0.2, 0.25) is 0 Å². The number of esters is 1. The third-order valence-electron chi connectivity index (χ3n) is 7.25. The van der Waals surface area contributed by atoms with E-state index < -0.39 is 0 Å². The normalized spacial score (nSPS) is 13.9. The number of imidazole rings is 1. The summed E-state index contributed by atoms with van der Waals surface area (Å²) in [5.41, 5.74) is 4.52. The van der Waals surface area contributed by atoms with Crippen LogP contribution in [-0.4, -0.2) is 51.8 Å². The van der Waals surface area contributed by atoms with Crippen LogP contribution >= 0.6 is 11.8 Å². The number of rotatable bonds is 13. The molecule has 39 heavy (non-hydrogen) atoms. The fourth-order valence-corrected chi connectivity index (χ4v) is 6.10. The number of benzene rings is 2. The molecule has 1 amide bonds. The van der Waals surface area contributed by atoms with Crippen LogP contribution in [0.5, 0.6) is 0 Å². The van der Waals surface area contributed by atoms with Gasteiger partial charge in [-0.25, -0.2) is 4.98 Å². The standard InChI is InChI=1S/C32H41N3O3S/c1-3-5-21-35-30(26-16-10-7-11-17-26)29(25-14-8-6-9-15-25)33-32(35)39-24-13-12-18-28(36)34-22-19-27(20-23-34)31(37)38-4-2/h6-11,14-17,27H,3-5,12-13,18-24H2,1-2H3. The van der Waals surface area contributed by atoms with Gasteiger partial charge in [0.25, 0.3) is 0 Å². The van der Waals surface area contributed by atoms with Crippen molar-refractivity contribution in [2.75, 3.05) is 25.4 Å². The highest BCUT2D eigenvalue weighted by Gasteiger charge is 2.28. The smallest absolute Gasteiger partial charge is 0.309 e. The van der Waals surface area contributed by atoms with Crippen molar-refractivity contribution in [3.63, 3.8) is 0 Å². The molecule has 6 nitrogen and oxygen atoms in total. The second-order valence-corrected chi connectivity index (χ2v) is 11.1. The number of carbonyl (C=O) groups is 2. The van der Waals surface area contributed by atoms with Gasteiger partial charge < -0.3 is 14.2 Å². The van der Waals surface area contributed by atoms with Gasteiger partial charge in [-0.05, 0) is 39.0 Å². The first kappa shape index (κ1) is 28.9. The maximum Gasteiger partial charge on any atom is 0.309 e. The van der Waals surface area contributed by atoms with Crippen molar-refractivity contribution in [3.05, 3.63) is 60.7 Å². The van der Waals surface area contributed by atoms with Crippen molar-refractivity contribution < 1.29 is 14.3 Å². The van der Waals surface area contributed by atoms with Gasteiger partial charge in [-0.3, -0.25) is 9.59 Å². The van der Waals surface area contributed by atoms with Crippen LogP contribution in [0.4, 0.5) is 0 Å². The highest BCUT2D eigenvalue weighted by molar-refractivity contribution is 7.99. The van der Waals surface area contributed by atoms with Crippen LogP contribution < -0.4 is 0 Å². The number of likely N-dealkylation sites (tertiary alicyclic amines) is 1. The molecule has 7 heteroatoms. The number of hydrogen-bond acceptors (Lipinski definition) is 5. The Morgan fingerprint density at radius 1 is 0.923 bits per heavy atom. The Bertz CT molecular complexity index is 1190. The lowest BCUT2D eigenvalue weighted by Gasteiger charge is -2.31. The predicted octanol–water partition coefficient (Wildman–Crippen LogP) is 7.08. The highest BCUT2D eigenvalue weighted by atomic mass is 32.2. The van der Waals surface area contributed by atoms with Crippen LogP contribution in [-0.2, 0) is 20.9 Å². The first-order chi connectivity index (χ1) is 19.1. The molecule has 1 aromatic heterocycles. The lowest BCUT2D eigenvalue weighted by molar-refractivity contribution is -0.151. The summed E-state index contributed by atoms with van der Waals surface area (Å²) in [7, 11) is 0. The van der Waals surface area contributed by atoms with Crippen molar-refractivity contribution in [3.8, 4) is 22.5 Å². The quantitative estimate of drug-likeness (QED) is 0.130. The molecule has 0 N–H and O–H groups in total. The summed E-state index contributed by atoms with van der Waals surface area (Å²) >= 11 is 1.79. The van der Waals surface area contributed by atoms with Gasteiger partial charge in [-0.1, -0.05) is 85.8 Å². The van der Waals surface area contributed by atoms with Crippen LogP contribution in [0.15, 0.2) is 65.8 Å². The Labute approximate surface area is 237 Å². The second kappa shape index (κ2) is 14.9. The SMILES string of the molecule is CCCCn1c(SCCCCC(=O)N2CCC(C(=O)OCC)CC2)nc(-c2ccccc2)c1-c1ccccc1. The van der Waals surface area contributed by atoms with E-state index >= 15 is 0 Å². The van der Waals surface area contributed by atoms with Gasteiger partial charge in [0.2, 0.25) is 5.91 Å². The number of thioether (sulfide) groups is 1. The zero-order valence-electron chi connectivity index (χ0n) is 23.3. The van der Waals surface area contributed by atoms with Gasteiger partial charge >= 0.3 is 5.97 Å². The highest BCUT2D eigenvalue weighted by Crippen LogP contribution is 2.36. The zero-order chi connectivity index (χ0) is 27.5. The van der Waals surface area contributed by atoms with Gasteiger partial charge in [-0.2, -0.15) is 0 Å². The monoisotopic (exact) mass is 547 g/mol. The van der Waals surface area contributed by atoms with Crippen LogP contribution in [0, 0.1) is 5.92 Å². The number of aromatic nitrogens is 2. The van der Waals surface area contributed by atoms with Crippen LogP contribution in [0.25, 0.3) is 22.5 Å². The maximum absolute atomic E-state index is 12.8. The lowest BCUT2D eigenvalue weighted by Crippen LogP contribution is -2.40. The summed E-state index contributed by atoms with van der Waals surface area (Å²) in [5, 5.41) is 1.05. The fraction of sp³-hybridized carbons (Fsp3) is 0.469. The minimum absolute atomic E-state index is 0.0663.